The number of hydrogen-bond acceptors (Lipinski definition) is 4. The zero-order valence-corrected chi connectivity index (χ0v) is 15.4. The Bertz CT molecular complexity index is 381. The van der Waals surface area contributed by atoms with Crippen LogP contribution in [0, 0.1) is 0 Å². The summed E-state index contributed by atoms with van der Waals surface area (Å²) in [5, 5.41) is 3.62. The third-order valence-electron chi connectivity index (χ3n) is 4.92. The number of likely N-dealkylation sites (N-methyl/N-ethyl adjacent to an activating group) is 1. The molecule has 2 fully saturated rings. The first kappa shape index (κ1) is 18.5. The molecule has 0 spiro atoms. The van der Waals surface area contributed by atoms with Crippen LogP contribution in [-0.4, -0.2) is 66.3 Å². The quantitative estimate of drug-likeness (QED) is 0.844. The van der Waals surface area contributed by atoms with Crippen molar-refractivity contribution in [1.82, 2.24) is 15.1 Å². The Hall–Kier alpha value is -0.810. The Morgan fingerprint density at radius 3 is 2.48 bits per heavy atom. The van der Waals surface area contributed by atoms with Crippen LogP contribution in [0.5, 0.6) is 0 Å². The van der Waals surface area contributed by atoms with Gasteiger partial charge in [0.05, 0.1) is 0 Å². The fourth-order valence-corrected chi connectivity index (χ4v) is 3.73. The number of hydrogen-bond donors (Lipinski definition) is 1. The Kier molecular flexibility index (Phi) is 6.72. The standard InChI is InChI=1S/C18H35N3O2/c1-5-20-11-8-10-15(20)13-19-14-16-9-6-7-12-21(16)17(22)23-18(2,3)4/h15-16,19H,5-14H2,1-4H3. The molecule has 2 saturated heterocycles. The predicted octanol–water partition coefficient (Wildman–Crippen LogP) is 2.85. The van der Waals surface area contributed by atoms with E-state index in [4.69, 9.17) is 4.74 Å². The van der Waals surface area contributed by atoms with E-state index in [2.05, 4.69) is 17.1 Å². The smallest absolute Gasteiger partial charge is 0.410 e. The van der Waals surface area contributed by atoms with Gasteiger partial charge in [-0.3, -0.25) is 4.90 Å². The van der Waals surface area contributed by atoms with Crippen LogP contribution in [0.2, 0.25) is 0 Å². The molecular formula is C18H35N3O2. The van der Waals surface area contributed by atoms with Gasteiger partial charge in [-0.05, 0) is 66.0 Å². The molecule has 23 heavy (non-hydrogen) atoms. The molecular weight excluding hydrogens is 290 g/mol. The molecule has 2 aliphatic heterocycles. The summed E-state index contributed by atoms with van der Waals surface area (Å²) in [6, 6.07) is 0.939. The van der Waals surface area contributed by atoms with Gasteiger partial charge < -0.3 is 15.0 Å². The minimum Gasteiger partial charge on any atom is -0.444 e. The Morgan fingerprint density at radius 1 is 1.09 bits per heavy atom. The van der Waals surface area contributed by atoms with Crippen LogP contribution in [0.1, 0.15) is 59.8 Å². The van der Waals surface area contributed by atoms with Crippen molar-refractivity contribution in [2.45, 2.75) is 77.5 Å². The number of rotatable bonds is 5. The van der Waals surface area contributed by atoms with Gasteiger partial charge in [0.25, 0.3) is 0 Å². The summed E-state index contributed by atoms with van der Waals surface area (Å²) in [6.45, 7) is 13.1. The average Bonchev–Trinajstić information content (AvgIpc) is 2.93. The van der Waals surface area contributed by atoms with Crippen molar-refractivity contribution in [2.24, 2.45) is 0 Å². The minimum atomic E-state index is -0.419. The number of piperidine rings is 1. The van der Waals surface area contributed by atoms with Crippen LogP contribution in [0.3, 0.4) is 0 Å². The SMILES string of the molecule is CCN1CCCC1CNCC1CCCCN1C(=O)OC(C)(C)C. The molecule has 0 saturated carbocycles. The maximum atomic E-state index is 12.4. The third-order valence-corrected chi connectivity index (χ3v) is 4.92. The highest BCUT2D eigenvalue weighted by molar-refractivity contribution is 5.68. The van der Waals surface area contributed by atoms with Crippen LogP contribution >= 0.6 is 0 Å². The van der Waals surface area contributed by atoms with Gasteiger partial charge in [0.2, 0.25) is 0 Å². The van der Waals surface area contributed by atoms with E-state index in [9.17, 15) is 4.79 Å². The second-order valence-electron chi connectivity index (χ2n) is 7.91. The second kappa shape index (κ2) is 8.34. The first-order valence-electron chi connectivity index (χ1n) is 9.35. The largest absolute Gasteiger partial charge is 0.444 e. The van der Waals surface area contributed by atoms with Gasteiger partial charge in [-0.25, -0.2) is 4.79 Å². The number of nitrogens with zero attached hydrogens (tertiary/aromatic N) is 2. The zero-order valence-electron chi connectivity index (χ0n) is 15.4. The third kappa shape index (κ3) is 5.64. The average molecular weight is 325 g/mol. The Morgan fingerprint density at radius 2 is 1.78 bits per heavy atom. The van der Waals surface area contributed by atoms with Crippen molar-refractivity contribution >= 4 is 6.09 Å². The van der Waals surface area contributed by atoms with E-state index >= 15 is 0 Å². The molecule has 2 atom stereocenters. The van der Waals surface area contributed by atoms with Crippen LogP contribution in [0.4, 0.5) is 4.79 Å². The van der Waals surface area contributed by atoms with Crippen molar-refractivity contribution in [2.75, 3.05) is 32.7 Å². The summed E-state index contributed by atoms with van der Waals surface area (Å²) in [7, 11) is 0. The summed E-state index contributed by atoms with van der Waals surface area (Å²) in [6.07, 6.45) is 5.82. The van der Waals surface area contributed by atoms with Crippen molar-refractivity contribution in [3.8, 4) is 0 Å². The highest BCUT2D eigenvalue weighted by Crippen LogP contribution is 2.20. The molecule has 0 aliphatic carbocycles. The van der Waals surface area contributed by atoms with Gasteiger partial charge in [-0.2, -0.15) is 0 Å². The molecule has 1 amide bonds. The van der Waals surface area contributed by atoms with Gasteiger partial charge in [0.1, 0.15) is 5.60 Å². The fourth-order valence-electron chi connectivity index (χ4n) is 3.73. The Balaban J connectivity index is 1.80. The summed E-state index contributed by atoms with van der Waals surface area (Å²) in [5.74, 6) is 0. The number of ether oxygens (including phenoxy) is 1. The molecule has 0 aromatic carbocycles. The molecule has 2 aliphatic rings. The first-order chi connectivity index (χ1) is 10.9. The van der Waals surface area contributed by atoms with Gasteiger partial charge in [-0.15, -0.1) is 0 Å². The number of nitrogens with one attached hydrogen (secondary N) is 1. The van der Waals surface area contributed by atoms with E-state index in [1.807, 2.05) is 25.7 Å². The molecule has 134 valence electrons. The van der Waals surface area contributed by atoms with Crippen molar-refractivity contribution in [1.29, 1.82) is 0 Å². The van der Waals surface area contributed by atoms with Gasteiger partial charge >= 0.3 is 6.09 Å². The lowest BCUT2D eigenvalue weighted by Gasteiger charge is -2.37. The highest BCUT2D eigenvalue weighted by Gasteiger charge is 2.30. The van der Waals surface area contributed by atoms with Crippen LogP contribution in [-0.2, 0) is 4.74 Å². The Labute approximate surface area is 141 Å². The van der Waals surface area contributed by atoms with Crippen molar-refractivity contribution in [3.63, 3.8) is 0 Å². The molecule has 5 heteroatoms. The number of amides is 1. The molecule has 0 radical (unpaired) electrons. The van der Waals surface area contributed by atoms with Crippen molar-refractivity contribution in [3.05, 3.63) is 0 Å². The van der Waals surface area contributed by atoms with Crippen LogP contribution in [0.15, 0.2) is 0 Å². The second-order valence-corrected chi connectivity index (χ2v) is 7.91. The molecule has 5 nitrogen and oxygen atoms in total. The lowest BCUT2D eigenvalue weighted by molar-refractivity contribution is 0.00985. The fraction of sp³-hybridized carbons (Fsp3) is 0.944. The lowest BCUT2D eigenvalue weighted by atomic mass is 10.0. The molecule has 0 aromatic heterocycles. The molecule has 0 bridgehead atoms. The highest BCUT2D eigenvalue weighted by atomic mass is 16.6. The first-order valence-corrected chi connectivity index (χ1v) is 9.35. The van der Waals surface area contributed by atoms with E-state index in [0.717, 1.165) is 39.0 Å². The minimum absolute atomic E-state index is 0.153. The van der Waals surface area contributed by atoms with Gasteiger partial charge in [0, 0.05) is 31.7 Å². The van der Waals surface area contributed by atoms with E-state index < -0.39 is 5.60 Å². The van der Waals surface area contributed by atoms with Gasteiger partial charge in [-0.1, -0.05) is 6.92 Å². The molecule has 1 N–H and O–H groups in total. The number of carbonyl (C=O) groups excluding carboxylic acids is 1. The van der Waals surface area contributed by atoms with Crippen LogP contribution < -0.4 is 5.32 Å². The summed E-state index contributed by atoms with van der Waals surface area (Å²) < 4.78 is 5.57. The van der Waals surface area contributed by atoms with E-state index in [0.29, 0.717) is 6.04 Å². The normalized spacial score (nSPS) is 26.5. The molecule has 2 unspecified atom stereocenters. The predicted molar refractivity (Wildman–Crippen MR) is 93.7 cm³/mol. The van der Waals surface area contributed by atoms with E-state index in [-0.39, 0.29) is 12.1 Å². The zero-order chi connectivity index (χ0) is 16.9. The molecule has 2 heterocycles. The maximum Gasteiger partial charge on any atom is 0.410 e. The molecule has 2 rings (SSSR count). The number of likely N-dealkylation sites (tertiary alicyclic amines) is 2. The topological polar surface area (TPSA) is 44.8 Å². The number of carbonyl (C=O) groups is 1. The summed E-state index contributed by atoms with van der Waals surface area (Å²) in [5.41, 5.74) is -0.419. The summed E-state index contributed by atoms with van der Waals surface area (Å²) >= 11 is 0. The van der Waals surface area contributed by atoms with E-state index in [1.165, 1.54) is 25.8 Å². The maximum absolute atomic E-state index is 12.4. The summed E-state index contributed by atoms with van der Waals surface area (Å²) in [4.78, 5) is 16.9. The van der Waals surface area contributed by atoms with Gasteiger partial charge in [0.15, 0.2) is 0 Å². The molecule has 0 aromatic rings. The monoisotopic (exact) mass is 325 g/mol. The van der Waals surface area contributed by atoms with E-state index in [1.54, 1.807) is 0 Å². The van der Waals surface area contributed by atoms with Crippen molar-refractivity contribution < 1.29 is 9.53 Å². The lowest BCUT2D eigenvalue weighted by Crippen LogP contribution is -2.51. The van der Waals surface area contributed by atoms with Crippen LogP contribution in [0.25, 0.3) is 0 Å².